The van der Waals surface area contributed by atoms with Crippen molar-refractivity contribution in [1.82, 2.24) is 4.90 Å². The van der Waals surface area contributed by atoms with Crippen molar-refractivity contribution in [2.45, 2.75) is 31.7 Å². The number of carboxylic acids is 1. The molecule has 0 aliphatic heterocycles. The number of carboxylic acid groups (broad SMARTS) is 1. The highest BCUT2D eigenvalue weighted by Crippen LogP contribution is 2.35. The molecular formula is C15H17ClN2O3. The van der Waals surface area contributed by atoms with Gasteiger partial charge in [0.25, 0.3) is 0 Å². The van der Waals surface area contributed by atoms with Crippen molar-refractivity contribution in [1.29, 1.82) is 0 Å². The fourth-order valence-electron chi connectivity index (χ4n) is 2.30. The number of hydrogen-bond acceptors (Lipinski definition) is 2. The van der Waals surface area contributed by atoms with Crippen molar-refractivity contribution in [2.24, 2.45) is 5.92 Å². The van der Waals surface area contributed by atoms with Gasteiger partial charge >= 0.3 is 12.0 Å². The van der Waals surface area contributed by atoms with Gasteiger partial charge < -0.3 is 15.3 Å². The largest absolute Gasteiger partial charge is 0.478 e. The van der Waals surface area contributed by atoms with Gasteiger partial charge in [0.2, 0.25) is 0 Å². The van der Waals surface area contributed by atoms with E-state index in [4.69, 9.17) is 16.7 Å². The van der Waals surface area contributed by atoms with Gasteiger partial charge in [-0.3, -0.25) is 0 Å². The first-order valence-corrected chi connectivity index (χ1v) is 7.53. The molecule has 0 heterocycles. The average Bonchev–Trinajstić information content (AvgIpc) is 3.31. The van der Waals surface area contributed by atoms with Crippen LogP contribution in [0, 0.1) is 5.92 Å². The molecule has 5 nitrogen and oxygen atoms in total. The van der Waals surface area contributed by atoms with Gasteiger partial charge in [0.1, 0.15) is 0 Å². The Morgan fingerprint density at radius 3 is 2.57 bits per heavy atom. The Morgan fingerprint density at radius 1 is 1.29 bits per heavy atom. The molecule has 2 fully saturated rings. The fourth-order valence-corrected chi connectivity index (χ4v) is 2.47. The fraction of sp³-hybridized carbons (Fsp3) is 0.467. The number of carbonyl (C=O) groups is 2. The Labute approximate surface area is 127 Å². The van der Waals surface area contributed by atoms with Gasteiger partial charge in [-0.25, -0.2) is 9.59 Å². The number of nitrogens with one attached hydrogen (secondary N) is 1. The minimum absolute atomic E-state index is 0.106. The molecule has 3 rings (SSSR count). The van der Waals surface area contributed by atoms with Gasteiger partial charge in [-0.15, -0.1) is 0 Å². The zero-order valence-corrected chi connectivity index (χ0v) is 12.3. The molecule has 0 saturated heterocycles. The van der Waals surface area contributed by atoms with Crippen molar-refractivity contribution in [2.75, 3.05) is 11.9 Å². The molecule has 2 amide bonds. The first kappa shape index (κ1) is 14.2. The van der Waals surface area contributed by atoms with Gasteiger partial charge in [-0.1, -0.05) is 11.6 Å². The van der Waals surface area contributed by atoms with Crippen molar-refractivity contribution >= 4 is 29.3 Å². The lowest BCUT2D eigenvalue weighted by atomic mass is 10.2. The molecule has 6 heteroatoms. The lowest BCUT2D eigenvalue weighted by Gasteiger charge is -2.23. The Bertz CT molecular complexity index is 582. The molecule has 2 N–H and O–H groups in total. The summed E-state index contributed by atoms with van der Waals surface area (Å²) >= 11 is 6.04. The van der Waals surface area contributed by atoms with Crippen molar-refractivity contribution in [3.8, 4) is 0 Å². The van der Waals surface area contributed by atoms with Crippen molar-refractivity contribution in [3.63, 3.8) is 0 Å². The maximum absolute atomic E-state index is 12.4. The summed E-state index contributed by atoms with van der Waals surface area (Å²) in [4.78, 5) is 25.3. The third-order valence-electron chi connectivity index (χ3n) is 3.86. The van der Waals surface area contributed by atoms with Gasteiger partial charge in [0.05, 0.1) is 16.3 Å². The van der Waals surface area contributed by atoms with Crippen LogP contribution < -0.4 is 5.32 Å². The number of hydrogen-bond donors (Lipinski definition) is 2. The Balaban J connectivity index is 1.73. The number of carbonyl (C=O) groups excluding carboxylic acids is 1. The molecule has 2 aliphatic carbocycles. The molecule has 0 spiro atoms. The predicted octanol–water partition coefficient (Wildman–Crippen LogP) is 3.44. The van der Waals surface area contributed by atoms with E-state index in [1.807, 2.05) is 4.90 Å². The highest BCUT2D eigenvalue weighted by Gasteiger charge is 2.36. The number of halogens is 1. The van der Waals surface area contributed by atoms with E-state index < -0.39 is 5.97 Å². The zero-order valence-electron chi connectivity index (χ0n) is 11.5. The molecule has 1 aromatic rings. The van der Waals surface area contributed by atoms with Crippen LogP contribution in [0.25, 0.3) is 0 Å². The third kappa shape index (κ3) is 3.47. The summed E-state index contributed by atoms with van der Waals surface area (Å²) in [6, 6.07) is 4.44. The Hall–Kier alpha value is -1.75. The topological polar surface area (TPSA) is 69.6 Å². The second-order valence-electron chi connectivity index (χ2n) is 5.76. The van der Waals surface area contributed by atoms with E-state index in [-0.39, 0.29) is 11.6 Å². The standard InChI is InChI=1S/C15H17ClN2O3/c16-12-6-3-10(14(19)20)7-13(12)17-15(21)18(11-4-5-11)8-9-1-2-9/h3,6-7,9,11H,1-2,4-5,8H2,(H,17,21)(H,19,20). The number of benzene rings is 1. The van der Waals surface area contributed by atoms with Gasteiger partial charge in [0, 0.05) is 12.6 Å². The van der Waals surface area contributed by atoms with Crippen molar-refractivity contribution < 1.29 is 14.7 Å². The van der Waals surface area contributed by atoms with Crippen LogP contribution in [0.15, 0.2) is 18.2 Å². The minimum Gasteiger partial charge on any atom is -0.478 e. The summed E-state index contributed by atoms with van der Waals surface area (Å²) in [5.74, 6) is -0.420. The van der Waals surface area contributed by atoms with Crippen LogP contribution in [0.4, 0.5) is 10.5 Å². The number of amides is 2. The summed E-state index contributed by atoms with van der Waals surface area (Å²) in [5, 5.41) is 12.1. The van der Waals surface area contributed by atoms with Crippen LogP contribution in [0.1, 0.15) is 36.0 Å². The van der Waals surface area contributed by atoms with E-state index in [0.29, 0.717) is 22.7 Å². The molecule has 112 valence electrons. The molecule has 0 aromatic heterocycles. The SMILES string of the molecule is O=C(O)c1ccc(Cl)c(NC(=O)N(CC2CC2)C2CC2)c1. The third-order valence-corrected chi connectivity index (χ3v) is 4.18. The van der Waals surface area contributed by atoms with Crippen molar-refractivity contribution in [3.05, 3.63) is 28.8 Å². The van der Waals surface area contributed by atoms with Crippen LogP contribution in [0.2, 0.25) is 5.02 Å². The smallest absolute Gasteiger partial charge is 0.335 e. The average molecular weight is 309 g/mol. The van der Waals surface area contributed by atoms with Gasteiger partial charge in [-0.2, -0.15) is 0 Å². The number of nitrogens with zero attached hydrogens (tertiary/aromatic N) is 1. The number of aromatic carboxylic acids is 1. The maximum Gasteiger partial charge on any atom is 0.335 e. The Morgan fingerprint density at radius 2 is 2.00 bits per heavy atom. The summed E-state index contributed by atoms with van der Waals surface area (Å²) < 4.78 is 0. The molecule has 0 radical (unpaired) electrons. The van der Waals surface area contributed by atoms with Crippen LogP contribution in [-0.4, -0.2) is 34.6 Å². The lowest BCUT2D eigenvalue weighted by molar-refractivity contribution is 0.0697. The predicted molar refractivity (Wildman–Crippen MR) is 79.9 cm³/mol. The molecule has 2 aliphatic rings. The Kier molecular flexibility index (Phi) is 3.76. The van der Waals surface area contributed by atoms with Gasteiger partial charge in [-0.05, 0) is 49.8 Å². The van der Waals surface area contributed by atoms with E-state index in [1.54, 1.807) is 0 Å². The molecule has 0 bridgehead atoms. The molecular weight excluding hydrogens is 292 g/mol. The first-order valence-electron chi connectivity index (χ1n) is 7.15. The molecule has 0 unspecified atom stereocenters. The van der Waals surface area contributed by atoms with Crippen LogP contribution in [0.3, 0.4) is 0 Å². The molecule has 0 atom stereocenters. The zero-order chi connectivity index (χ0) is 15.0. The highest BCUT2D eigenvalue weighted by atomic mass is 35.5. The normalized spacial score (nSPS) is 17.4. The van der Waals surface area contributed by atoms with Gasteiger partial charge in [0.15, 0.2) is 0 Å². The summed E-state index contributed by atoms with van der Waals surface area (Å²) in [5.41, 5.74) is 0.456. The van der Waals surface area contributed by atoms with E-state index in [0.717, 1.165) is 19.4 Å². The van der Waals surface area contributed by atoms with E-state index in [9.17, 15) is 9.59 Å². The monoisotopic (exact) mass is 308 g/mol. The number of anilines is 1. The van der Waals surface area contributed by atoms with E-state index in [2.05, 4.69) is 5.32 Å². The first-order chi connectivity index (χ1) is 10.0. The summed E-state index contributed by atoms with van der Waals surface area (Å²) in [6.45, 7) is 0.784. The van der Waals surface area contributed by atoms with Crippen LogP contribution >= 0.6 is 11.6 Å². The minimum atomic E-state index is -1.04. The molecule has 21 heavy (non-hydrogen) atoms. The van der Waals surface area contributed by atoms with E-state index in [1.165, 1.54) is 31.0 Å². The maximum atomic E-state index is 12.4. The quantitative estimate of drug-likeness (QED) is 0.875. The second kappa shape index (κ2) is 5.56. The van der Waals surface area contributed by atoms with Crippen LogP contribution in [-0.2, 0) is 0 Å². The summed E-state index contributed by atoms with van der Waals surface area (Å²) in [7, 11) is 0. The lowest BCUT2D eigenvalue weighted by Crippen LogP contribution is -2.38. The second-order valence-corrected chi connectivity index (χ2v) is 6.16. The number of rotatable bonds is 5. The summed E-state index contributed by atoms with van der Waals surface area (Å²) in [6.07, 6.45) is 4.46. The molecule has 2 saturated carbocycles. The highest BCUT2D eigenvalue weighted by molar-refractivity contribution is 6.33. The molecule has 1 aromatic carbocycles. The number of urea groups is 1. The van der Waals surface area contributed by atoms with E-state index >= 15 is 0 Å². The van der Waals surface area contributed by atoms with Crippen LogP contribution in [0.5, 0.6) is 0 Å².